The largest absolute Gasteiger partial charge is 0.386 e. The average Bonchev–Trinajstić information content (AvgIpc) is 2.71. The monoisotopic (exact) mass is 283 g/mol. The molecule has 0 spiro atoms. The molecule has 0 aliphatic rings. The number of halogens is 1. The highest BCUT2D eigenvalue weighted by atomic mass is 79.9. The minimum Gasteiger partial charge on any atom is -0.386 e. The molecule has 2 heterocycles. The van der Waals surface area contributed by atoms with E-state index in [9.17, 15) is 5.11 Å². The van der Waals surface area contributed by atoms with Gasteiger partial charge in [-0.25, -0.2) is 0 Å². The lowest BCUT2D eigenvalue weighted by Crippen LogP contribution is -2.03. The van der Waals surface area contributed by atoms with Gasteiger partial charge in [-0.2, -0.15) is 0 Å². The van der Waals surface area contributed by atoms with Crippen LogP contribution < -0.4 is 0 Å². The summed E-state index contributed by atoms with van der Waals surface area (Å²) in [6, 6.07) is 7.73. The first-order valence-electron chi connectivity index (χ1n) is 4.58. The second kappa shape index (κ2) is 4.88. The summed E-state index contributed by atoms with van der Waals surface area (Å²) in [5, 5.41) is 12.0. The smallest absolute Gasteiger partial charge is 0.102 e. The van der Waals surface area contributed by atoms with Crippen LogP contribution in [-0.4, -0.2) is 10.1 Å². The van der Waals surface area contributed by atoms with Gasteiger partial charge in [0.2, 0.25) is 0 Å². The second-order valence-electron chi connectivity index (χ2n) is 3.17. The minimum atomic E-state index is -0.542. The molecule has 0 fully saturated rings. The number of hydrogen-bond acceptors (Lipinski definition) is 3. The van der Waals surface area contributed by atoms with Crippen molar-refractivity contribution in [3.8, 4) is 0 Å². The van der Waals surface area contributed by atoms with E-state index >= 15 is 0 Å². The fraction of sp³-hybridized carbons (Fsp3) is 0.182. The van der Waals surface area contributed by atoms with E-state index in [1.807, 2.05) is 29.6 Å². The van der Waals surface area contributed by atoms with Crippen molar-refractivity contribution >= 4 is 27.3 Å². The molecule has 1 unspecified atom stereocenters. The Bertz CT molecular complexity index is 430. The Morgan fingerprint density at radius 1 is 1.40 bits per heavy atom. The Morgan fingerprint density at radius 3 is 2.93 bits per heavy atom. The van der Waals surface area contributed by atoms with Crippen LogP contribution in [0.25, 0.3) is 0 Å². The Balaban J connectivity index is 2.15. The first-order chi connectivity index (χ1) is 7.27. The van der Waals surface area contributed by atoms with E-state index in [0.29, 0.717) is 12.1 Å². The standard InChI is InChI=1S/C11H10BrNOS/c12-9-4-1-5-13-11(9)10(14)7-8-3-2-6-15-8/h1-6,10,14H,7H2. The summed E-state index contributed by atoms with van der Waals surface area (Å²) in [5.41, 5.74) is 0.700. The fourth-order valence-electron chi connectivity index (χ4n) is 1.36. The minimum absolute atomic E-state index is 0.542. The quantitative estimate of drug-likeness (QED) is 0.939. The number of pyridine rings is 1. The third-order valence-electron chi connectivity index (χ3n) is 2.08. The van der Waals surface area contributed by atoms with Gasteiger partial charge in [0.25, 0.3) is 0 Å². The van der Waals surface area contributed by atoms with Gasteiger partial charge in [-0.3, -0.25) is 4.98 Å². The lowest BCUT2D eigenvalue weighted by atomic mass is 10.1. The number of rotatable bonds is 3. The molecule has 0 saturated heterocycles. The van der Waals surface area contributed by atoms with Gasteiger partial charge < -0.3 is 5.11 Å². The Morgan fingerprint density at radius 2 is 2.27 bits per heavy atom. The van der Waals surface area contributed by atoms with Crippen LogP contribution >= 0.6 is 27.3 Å². The predicted molar refractivity (Wildman–Crippen MR) is 64.9 cm³/mol. The predicted octanol–water partition coefficient (Wildman–Crippen LogP) is 3.18. The summed E-state index contributed by atoms with van der Waals surface area (Å²) in [4.78, 5) is 5.33. The maximum atomic E-state index is 9.99. The lowest BCUT2D eigenvalue weighted by Gasteiger charge is -2.10. The molecule has 2 aromatic heterocycles. The van der Waals surface area contributed by atoms with Crippen LogP contribution in [0.3, 0.4) is 0 Å². The van der Waals surface area contributed by atoms with E-state index in [2.05, 4.69) is 20.9 Å². The number of aromatic nitrogens is 1. The number of hydrogen-bond donors (Lipinski definition) is 1. The highest BCUT2D eigenvalue weighted by molar-refractivity contribution is 9.10. The van der Waals surface area contributed by atoms with Crippen molar-refractivity contribution in [1.29, 1.82) is 0 Å². The van der Waals surface area contributed by atoms with Gasteiger partial charge in [-0.05, 0) is 39.5 Å². The molecule has 2 rings (SSSR count). The van der Waals surface area contributed by atoms with Crippen LogP contribution in [0.4, 0.5) is 0 Å². The molecule has 0 radical (unpaired) electrons. The summed E-state index contributed by atoms with van der Waals surface area (Å²) in [5.74, 6) is 0. The maximum absolute atomic E-state index is 9.99. The zero-order valence-electron chi connectivity index (χ0n) is 7.93. The summed E-state index contributed by atoms with van der Waals surface area (Å²) < 4.78 is 0.856. The third-order valence-corrected chi connectivity index (χ3v) is 3.65. The van der Waals surface area contributed by atoms with E-state index in [-0.39, 0.29) is 0 Å². The van der Waals surface area contributed by atoms with Gasteiger partial charge in [-0.1, -0.05) is 6.07 Å². The molecule has 15 heavy (non-hydrogen) atoms. The first-order valence-corrected chi connectivity index (χ1v) is 6.25. The highest BCUT2D eigenvalue weighted by Crippen LogP contribution is 2.25. The van der Waals surface area contributed by atoms with Crippen molar-refractivity contribution in [2.45, 2.75) is 12.5 Å². The van der Waals surface area contributed by atoms with Crippen LogP contribution in [0.1, 0.15) is 16.7 Å². The van der Waals surface area contributed by atoms with Crippen molar-refractivity contribution in [3.05, 3.63) is 50.9 Å². The van der Waals surface area contributed by atoms with Crippen LogP contribution in [0.5, 0.6) is 0 Å². The summed E-state index contributed by atoms with van der Waals surface area (Å²) in [7, 11) is 0. The summed E-state index contributed by atoms with van der Waals surface area (Å²) in [6.07, 6.45) is 1.77. The van der Waals surface area contributed by atoms with Gasteiger partial charge in [0.05, 0.1) is 5.69 Å². The van der Waals surface area contributed by atoms with Crippen LogP contribution in [-0.2, 0) is 6.42 Å². The van der Waals surface area contributed by atoms with E-state index in [1.165, 1.54) is 4.88 Å². The van der Waals surface area contributed by atoms with Crippen molar-refractivity contribution in [2.24, 2.45) is 0 Å². The molecule has 78 valence electrons. The van der Waals surface area contributed by atoms with E-state index < -0.39 is 6.10 Å². The van der Waals surface area contributed by atoms with Crippen molar-refractivity contribution in [3.63, 3.8) is 0 Å². The normalized spacial score (nSPS) is 12.7. The molecule has 2 aromatic rings. The number of aliphatic hydroxyl groups is 1. The van der Waals surface area contributed by atoms with Gasteiger partial charge in [0, 0.05) is 22.0 Å². The number of nitrogens with zero attached hydrogens (tertiary/aromatic N) is 1. The summed E-state index contributed by atoms with van der Waals surface area (Å²) >= 11 is 5.03. The Hall–Kier alpha value is -0.710. The van der Waals surface area contributed by atoms with E-state index in [1.54, 1.807) is 17.5 Å². The molecule has 0 aliphatic heterocycles. The van der Waals surface area contributed by atoms with Crippen molar-refractivity contribution in [1.82, 2.24) is 4.98 Å². The molecular weight excluding hydrogens is 274 g/mol. The highest BCUT2D eigenvalue weighted by Gasteiger charge is 2.13. The average molecular weight is 284 g/mol. The molecular formula is C11H10BrNOS. The van der Waals surface area contributed by atoms with E-state index in [4.69, 9.17) is 0 Å². The third kappa shape index (κ3) is 2.65. The van der Waals surface area contributed by atoms with Crippen molar-refractivity contribution < 1.29 is 5.11 Å². The van der Waals surface area contributed by atoms with E-state index in [0.717, 1.165) is 4.47 Å². The van der Waals surface area contributed by atoms with Crippen LogP contribution in [0.2, 0.25) is 0 Å². The zero-order chi connectivity index (χ0) is 10.7. The Labute approximate surface area is 101 Å². The molecule has 1 atom stereocenters. The SMILES string of the molecule is OC(Cc1cccs1)c1ncccc1Br. The van der Waals surface area contributed by atoms with Crippen LogP contribution in [0.15, 0.2) is 40.3 Å². The van der Waals surface area contributed by atoms with Crippen molar-refractivity contribution in [2.75, 3.05) is 0 Å². The fourth-order valence-corrected chi connectivity index (χ4v) is 2.62. The molecule has 0 saturated carbocycles. The molecule has 2 nitrogen and oxygen atoms in total. The van der Waals surface area contributed by atoms with Gasteiger partial charge >= 0.3 is 0 Å². The number of aliphatic hydroxyl groups excluding tert-OH is 1. The molecule has 0 bridgehead atoms. The number of thiophene rings is 1. The first kappa shape index (κ1) is 10.8. The zero-order valence-corrected chi connectivity index (χ0v) is 10.3. The molecule has 4 heteroatoms. The molecule has 0 aromatic carbocycles. The second-order valence-corrected chi connectivity index (χ2v) is 5.06. The summed E-state index contributed by atoms with van der Waals surface area (Å²) in [6.45, 7) is 0. The maximum Gasteiger partial charge on any atom is 0.102 e. The van der Waals surface area contributed by atoms with Gasteiger partial charge in [0.15, 0.2) is 0 Å². The molecule has 1 N–H and O–H groups in total. The molecule has 0 amide bonds. The van der Waals surface area contributed by atoms with Crippen LogP contribution in [0, 0.1) is 0 Å². The van der Waals surface area contributed by atoms with Gasteiger partial charge in [0.1, 0.15) is 6.10 Å². The lowest BCUT2D eigenvalue weighted by molar-refractivity contribution is 0.173. The van der Waals surface area contributed by atoms with Gasteiger partial charge in [-0.15, -0.1) is 11.3 Å². The molecule has 0 aliphatic carbocycles. The topological polar surface area (TPSA) is 33.1 Å². The Kier molecular flexibility index (Phi) is 3.51.